The van der Waals surface area contributed by atoms with Gasteiger partial charge in [-0.1, -0.05) is 17.7 Å². The Hall–Kier alpha value is -2.12. The number of anilines is 1. The molecular weight excluding hydrogens is 336 g/mol. The molecule has 25 heavy (non-hydrogen) atoms. The van der Waals surface area contributed by atoms with Crippen molar-refractivity contribution in [2.45, 2.75) is 20.8 Å². The number of rotatable bonds is 5. The summed E-state index contributed by atoms with van der Waals surface area (Å²) in [6.07, 6.45) is 1.44. The second kappa shape index (κ2) is 7.84. The van der Waals surface area contributed by atoms with E-state index in [2.05, 4.69) is 10.3 Å². The third kappa shape index (κ3) is 4.29. The van der Waals surface area contributed by atoms with Crippen LogP contribution in [-0.2, 0) is 9.59 Å². The summed E-state index contributed by atoms with van der Waals surface area (Å²) in [7, 11) is 4.05. The minimum Gasteiger partial charge on any atom is -0.338 e. The van der Waals surface area contributed by atoms with Crippen LogP contribution in [0.2, 0.25) is 0 Å². The first-order valence-corrected chi connectivity index (χ1v) is 8.68. The van der Waals surface area contributed by atoms with Crippen LogP contribution < -0.4 is 15.1 Å². The van der Waals surface area contributed by atoms with Crippen LogP contribution in [0.3, 0.4) is 0 Å². The van der Waals surface area contributed by atoms with E-state index in [-0.39, 0.29) is 11.0 Å². The molecule has 1 saturated heterocycles. The van der Waals surface area contributed by atoms with Crippen LogP contribution in [0, 0.1) is 26.7 Å². The second-order valence-electron chi connectivity index (χ2n) is 6.71. The molecule has 0 radical (unpaired) electrons. The number of benzene rings is 1. The summed E-state index contributed by atoms with van der Waals surface area (Å²) in [5.74, 6) is -1.73. The maximum atomic E-state index is 12.9. The zero-order valence-corrected chi connectivity index (χ0v) is 16.2. The van der Waals surface area contributed by atoms with Crippen molar-refractivity contribution in [3.63, 3.8) is 0 Å². The number of aliphatic imine (C=N–C) groups is 1. The van der Waals surface area contributed by atoms with E-state index < -0.39 is 11.8 Å². The Balaban J connectivity index is 2.32. The quantitative estimate of drug-likeness (QED) is 0.447. The maximum absolute atomic E-state index is 12.9. The number of carbonyl (C=O) groups is 2. The Kier molecular flexibility index (Phi) is 6.02. The highest BCUT2D eigenvalue weighted by Gasteiger charge is 2.39. The van der Waals surface area contributed by atoms with E-state index in [1.165, 1.54) is 16.0 Å². The van der Waals surface area contributed by atoms with Gasteiger partial charge in [0, 0.05) is 6.21 Å². The summed E-state index contributed by atoms with van der Waals surface area (Å²) in [4.78, 5) is 32.1. The fourth-order valence-electron chi connectivity index (χ4n) is 2.93. The van der Waals surface area contributed by atoms with Crippen LogP contribution in [-0.4, -0.2) is 50.3 Å². The van der Waals surface area contributed by atoms with Crippen molar-refractivity contribution in [2.24, 2.45) is 10.9 Å². The SMILES string of the molecule is Cc1cc(C)c(N2C(=O)[C@@H](C=NCC[NH+](C)C)C(=O)NC2=S)c(C)c1. The van der Waals surface area contributed by atoms with Gasteiger partial charge in [-0.25, -0.2) is 0 Å². The molecule has 0 unspecified atom stereocenters. The number of nitrogens with one attached hydrogen (secondary N) is 2. The average Bonchev–Trinajstić information content (AvgIpc) is 2.48. The number of likely N-dealkylation sites (N-methyl/N-ethyl adjacent to an activating group) is 1. The number of hydrogen-bond acceptors (Lipinski definition) is 4. The zero-order valence-electron chi connectivity index (χ0n) is 15.3. The fraction of sp³-hybridized carbons (Fsp3) is 0.444. The van der Waals surface area contributed by atoms with E-state index in [0.717, 1.165) is 28.9 Å². The topological polar surface area (TPSA) is 66.2 Å². The number of amides is 2. The number of nitrogens with zero attached hydrogens (tertiary/aromatic N) is 2. The van der Waals surface area contributed by atoms with Crippen LogP contribution in [0.4, 0.5) is 5.69 Å². The lowest BCUT2D eigenvalue weighted by molar-refractivity contribution is -0.856. The Morgan fingerprint density at radius 2 is 1.84 bits per heavy atom. The summed E-state index contributed by atoms with van der Waals surface area (Å²) in [5.41, 5.74) is 3.73. The van der Waals surface area contributed by atoms with Gasteiger partial charge in [-0.2, -0.15) is 0 Å². The van der Waals surface area contributed by atoms with Crippen LogP contribution in [0.25, 0.3) is 0 Å². The zero-order chi connectivity index (χ0) is 18.7. The highest BCUT2D eigenvalue weighted by Crippen LogP contribution is 2.29. The number of carbonyl (C=O) groups excluding carboxylic acids is 2. The molecule has 6 nitrogen and oxygen atoms in total. The predicted octanol–water partition coefficient (Wildman–Crippen LogP) is 0.191. The lowest BCUT2D eigenvalue weighted by Gasteiger charge is -2.33. The van der Waals surface area contributed by atoms with E-state index in [9.17, 15) is 9.59 Å². The first-order chi connectivity index (χ1) is 11.7. The fourth-order valence-corrected chi connectivity index (χ4v) is 3.21. The van der Waals surface area contributed by atoms with Gasteiger partial charge in [0.2, 0.25) is 5.91 Å². The van der Waals surface area contributed by atoms with Crippen molar-refractivity contribution in [3.05, 3.63) is 28.8 Å². The minimum atomic E-state index is -0.955. The molecule has 2 rings (SSSR count). The van der Waals surface area contributed by atoms with E-state index in [4.69, 9.17) is 12.2 Å². The Morgan fingerprint density at radius 1 is 1.24 bits per heavy atom. The molecule has 0 spiro atoms. The largest absolute Gasteiger partial charge is 0.338 e. The van der Waals surface area contributed by atoms with Crippen LogP contribution in [0.5, 0.6) is 0 Å². The molecule has 0 aromatic heterocycles. The molecule has 1 aliphatic rings. The van der Waals surface area contributed by atoms with Gasteiger partial charge in [0.05, 0.1) is 32.9 Å². The molecule has 134 valence electrons. The first kappa shape index (κ1) is 19.2. The van der Waals surface area contributed by atoms with Gasteiger partial charge in [0.25, 0.3) is 5.91 Å². The summed E-state index contributed by atoms with van der Waals surface area (Å²) in [6, 6.07) is 4.00. The molecule has 0 saturated carbocycles. The van der Waals surface area contributed by atoms with Gasteiger partial charge in [0.1, 0.15) is 0 Å². The number of quaternary nitrogens is 1. The number of hydrogen-bond donors (Lipinski definition) is 2. The Bertz CT molecular complexity index is 720. The van der Waals surface area contributed by atoms with E-state index in [1.807, 2.05) is 47.0 Å². The minimum absolute atomic E-state index is 0.118. The number of aryl methyl sites for hydroxylation is 3. The molecule has 1 atom stereocenters. The molecule has 1 aliphatic heterocycles. The summed E-state index contributed by atoms with van der Waals surface area (Å²) >= 11 is 5.26. The predicted molar refractivity (Wildman–Crippen MR) is 103 cm³/mol. The molecule has 2 amide bonds. The van der Waals surface area contributed by atoms with Gasteiger partial charge in [-0.3, -0.25) is 19.5 Å². The van der Waals surface area contributed by atoms with Crippen LogP contribution >= 0.6 is 12.2 Å². The van der Waals surface area contributed by atoms with Gasteiger partial charge >= 0.3 is 0 Å². The van der Waals surface area contributed by atoms with E-state index in [1.54, 1.807) is 0 Å². The highest BCUT2D eigenvalue weighted by molar-refractivity contribution is 7.80. The summed E-state index contributed by atoms with van der Waals surface area (Å²) in [6.45, 7) is 7.27. The Morgan fingerprint density at radius 3 is 2.40 bits per heavy atom. The Labute approximate surface area is 153 Å². The molecule has 0 bridgehead atoms. The molecule has 1 heterocycles. The molecule has 1 fully saturated rings. The summed E-state index contributed by atoms with van der Waals surface area (Å²) < 4.78 is 0. The third-order valence-corrected chi connectivity index (χ3v) is 4.34. The lowest BCUT2D eigenvalue weighted by atomic mass is 10.0. The smallest absolute Gasteiger partial charge is 0.251 e. The van der Waals surface area contributed by atoms with Crippen molar-refractivity contribution in [1.82, 2.24) is 5.32 Å². The average molecular weight is 361 g/mol. The summed E-state index contributed by atoms with van der Waals surface area (Å²) in [5, 5.41) is 2.75. The highest BCUT2D eigenvalue weighted by atomic mass is 32.1. The maximum Gasteiger partial charge on any atom is 0.251 e. The molecule has 7 heteroatoms. The molecule has 2 N–H and O–H groups in total. The van der Waals surface area contributed by atoms with Crippen molar-refractivity contribution < 1.29 is 14.5 Å². The number of thiocarbonyl (C=S) groups is 1. The second-order valence-corrected chi connectivity index (χ2v) is 7.09. The van der Waals surface area contributed by atoms with Gasteiger partial charge < -0.3 is 10.2 Å². The molecule has 1 aromatic carbocycles. The molecular formula is C18H25N4O2S+. The standard InChI is InChI=1S/C18H24N4O2S/c1-11-8-12(2)15(13(3)9-11)22-17(24)14(16(23)20-18(22)25)10-19-6-7-21(4)5/h8-10,14H,6-7H2,1-5H3,(H,20,23,25)/p+1/t14-/m0/s1. The van der Waals surface area contributed by atoms with Gasteiger partial charge in [0.15, 0.2) is 11.0 Å². The third-order valence-electron chi connectivity index (χ3n) is 4.06. The molecule has 1 aromatic rings. The lowest BCUT2D eigenvalue weighted by Crippen LogP contribution is -3.06. The first-order valence-electron chi connectivity index (χ1n) is 8.28. The van der Waals surface area contributed by atoms with Crippen molar-refractivity contribution in [3.8, 4) is 0 Å². The van der Waals surface area contributed by atoms with Crippen molar-refractivity contribution >= 4 is 41.0 Å². The van der Waals surface area contributed by atoms with Crippen LogP contribution in [0.15, 0.2) is 17.1 Å². The van der Waals surface area contributed by atoms with Crippen LogP contribution in [0.1, 0.15) is 16.7 Å². The van der Waals surface area contributed by atoms with Gasteiger partial charge in [-0.05, 0) is 44.1 Å². The van der Waals surface area contributed by atoms with E-state index in [0.29, 0.717) is 6.54 Å². The van der Waals surface area contributed by atoms with Gasteiger partial charge in [-0.15, -0.1) is 0 Å². The normalized spacial score (nSPS) is 18.4. The molecule has 0 aliphatic carbocycles. The van der Waals surface area contributed by atoms with E-state index >= 15 is 0 Å². The van der Waals surface area contributed by atoms with Crippen molar-refractivity contribution in [2.75, 3.05) is 32.1 Å². The monoisotopic (exact) mass is 361 g/mol. The van der Waals surface area contributed by atoms with Crippen molar-refractivity contribution in [1.29, 1.82) is 0 Å².